The van der Waals surface area contributed by atoms with Gasteiger partial charge in [-0.25, -0.2) is 0 Å². The van der Waals surface area contributed by atoms with E-state index in [-0.39, 0.29) is 12.2 Å². The highest BCUT2D eigenvalue weighted by Gasteiger charge is 2.34. The fraction of sp³-hybridized carbons (Fsp3) is 0.130. The summed E-state index contributed by atoms with van der Waals surface area (Å²) in [5, 5.41) is 0. The first kappa shape index (κ1) is 18.6. The number of hydrogen-bond acceptors (Lipinski definition) is 1. The number of hydrogen-bond donors (Lipinski definition) is 0. The summed E-state index contributed by atoms with van der Waals surface area (Å²) in [7, 11) is 0. The maximum Gasteiger partial charge on any atom is 0.417 e. The Kier molecular flexibility index (Phi) is 5.52. The highest BCUT2D eigenvalue weighted by molar-refractivity contribution is 5.74. The van der Waals surface area contributed by atoms with Crippen LogP contribution in [0.25, 0.3) is 11.1 Å². The van der Waals surface area contributed by atoms with Gasteiger partial charge in [0.05, 0.1) is 5.56 Å². The van der Waals surface area contributed by atoms with E-state index in [1.165, 1.54) is 6.07 Å². The zero-order valence-electron chi connectivity index (χ0n) is 14.7. The third kappa shape index (κ3) is 4.51. The van der Waals surface area contributed by atoms with Crippen LogP contribution in [0.1, 0.15) is 23.6 Å². The van der Waals surface area contributed by atoms with Crippen LogP contribution in [-0.2, 0) is 12.8 Å². The lowest BCUT2D eigenvalue weighted by Crippen LogP contribution is -2.08. The van der Waals surface area contributed by atoms with E-state index < -0.39 is 11.7 Å². The molecule has 0 N–H and O–H groups in total. The van der Waals surface area contributed by atoms with E-state index in [9.17, 15) is 13.2 Å². The van der Waals surface area contributed by atoms with Crippen LogP contribution in [-0.4, -0.2) is 0 Å². The summed E-state index contributed by atoms with van der Waals surface area (Å²) < 4.78 is 46.8. The summed E-state index contributed by atoms with van der Waals surface area (Å²) in [6.07, 6.45) is -4.49. The Morgan fingerprint density at radius 2 is 1.56 bits per heavy atom. The lowest BCUT2D eigenvalue weighted by molar-refractivity contribution is -0.137. The summed E-state index contributed by atoms with van der Waals surface area (Å²) in [5.41, 5.74) is 1.02. The molecule has 0 aromatic heterocycles. The van der Waals surface area contributed by atoms with E-state index in [0.29, 0.717) is 16.9 Å². The van der Waals surface area contributed by atoms with E-state index in [4.69, 9.17) is 4.74 Å². The molecule has 0 radical (unpaired) electrons. The van der Waals surface area contributed by atoms with Crippen LogP contribution in [0.3, 0.4) is 0 Å². The van der Waals surface area contributed by atoms with Gasteiger partial charge >= 0.3 is 6.18 Å². The number of halogens is 3. The highest BCUT2D eigenvalue weighted by Crippen LogP contribution is 2.40. The molecule has 0 bridgehead atoms. The van der Waals surface area contributed by atoms with Crippen LogP contribution in [0.5, 0.6) is 5.75 Å². The number of rotatable bonds is 4. The topological polar surface area (TPSA) is 9.23 Å². The fourth-order valence-corrected chi connectivity index (χ4v) is 2.79. The average Bonchev–Trinajstić information content (AvgIpc) is 2.67. The molecule has 0 amide bonds. The van der Waals surface area contributed by atoms with Gasteiger partial charge in [0, 0.05) is 11.1 Å². The number of alkyl halides is 3. The second-order valence-corrected chi connectivity index (χ2v) is 5.90. The van der Waals surface area contributed by atoms with Crippen LogP contribution in [0.15, 0.2) is 72.8 Å². The van der Waals surface area contributed by atoms with E-state index in [1.54, 1.807) is 37.3 Å². The summed E-state index contributed by atoms with van der Waals surface area (Å²) >= 11 is 0. The standard InChI is InChI=1S/C23H17F3O/c1-2-8-17-13-14-19(21(15-17)23(24,25)26)20-11-6-7-12-22(20)27-16-18-9-4-3-5-10-18/h3-7,9-15H,16H2,1H3. The van der Waals surface area contributed by atoms with Gasteiger partial charge in [-0.05, 0) is 36.2 Å². The van der Waals surface area contributed by atoms with Crippen LogP contribution >= 0.6 is 0 Å². The molecule has 136 valence electrons. The summed E-state index contributed by atoms with van der Waals surface area (Å²) in [5.74, 6) is 5.71. The number of para-hydroxylation sites is 1. The molecule has 4 heteroatoms. The van der Waals surface area contributed by atoms with Crippen LogP contribution < -0.4 is 4.74 Å². The molecule has 0 saturated carbocycles. The molecule has 0 spiro atoms. The Hall–Kier alpha value is -3.19. The smallest absolute Gasteiger partial charge is 0.417 e. The number of benzene rings is 3. The molecule has 0 unspecified atom stereocenters. The molecule has 0 aliphatic rings. The van der Waals surface area contributed by atoms with E-state index in [0.717, 1.165) is 11.6 Å². The van der Waals surface area contributed by atoms with Gasteiger partial charge in [-0.15, -0.1) is 5.92 Å². The Morgan fingerprint density at radius 3 is 2.26 bits per heavy atom. The maximum atomic E-state index is 13.6. The largest absolute Gasteiger partial charge is 0.488 e. The lowest BCUT2D eigenvalue weighted by Gasteiger charge is -2.17. The molecule has 0 saturated heterocycles. The third-order valence-corrected chi connectivity index (χ3v) is 4.01. The molecule has 1 nitrogen and oxygen atoms in total. The van der Waals surface area contributed by atoms with E-state index >= 15 is 0 Å². The molecule has 3 aromatic carbocycles. The van der Waals surface area contributed by atoms with Gasteiger partial charge in [-0.2, -0.15) is 13.2 Å². The predicted molar refractivity (Wildman–Crippen MR) is 100 cm³/mol. The van der Waals surface area contributed by atoms with Crippen molar-refractivity contribution in [2.45, 2.75) is 19.7 Å². The first-order chi connectivity index (χ1) is 13.0. The zero-order chi connectivity index (χ0) is 19.3. The van der Waals surface area contributed by atoms with Crippen molar-refractivity contribution in [3.8, 4) is 28.7 Å². The van der Waals surface area contributed by atoms with Crippen molar-refractivity contribution in [3.63, 3.8) is 0 Å². The molecule has 3 aromatic rings. The molecule has 0 aliphatic heterocycles. The zero-order valence-corrected chi connectivity index (χ0v) is 14.7. The third-order valence-electron chi connectivity index (χ3n) is 4.01. The van der Waals surface area contributed by atoms with Gasteiger partial charge in [0.2, 0.25) is 0 Å². The average molecular weight is 366 g/mol. The van der Waals surface area contributed by atoms with Crippen molar-refractivity contribution < 1.29 is 17.9 Å². The highest BCUT2D eigenvalue weighted by atomic mass is 19.4. The molecule has 0 atom stereocenters. The number of ether oxygens (including phenoxy) is 1. The van der Waals surface area contributed by atoms with Crippen molar-refractivity contribution in [2.24, 2.45) is 0 Å². The molecular weight excluding hydrogens is 349 g/mol. The summed E-state index contributed by atoms with van der Waals surface area (Å²) in [6.45, 7) is 1.87. The molecular formula is C23H17F3O. The van der Waals surface area contributed by atoms with Gasteiger partial charge in [-0.1, -0.05) is 60.5 Å². The predicted octanol–water partition coefficient (Wildman–Crippen LogP) is 6.32. The van der Waals surface area contributed by atoms with Crippen LogP contribution in [0.4, 0.5) is 13.2 Å². The molecule has 0 heterocycles. The molecule has 3 rings (SSSR count). The van der Waals surface area contributed by atoms with Gasteiger partial charge in [0.15, 0.2) is 0 Å². The van der Waals surface area contributed by atoms with Crippen LogP contribution in [0.2, 0.25) is 0 Å². The van der Waals surface area contributed by atoms with E-state index in [2.05, 4.69) is 11.8 Å². The minimum atomic E-state index is -4.49. The summed E-state index contributed by atoms with van der Waals surface area (Å²) in [4.78, 5) is 0. The first-order valence-electron chi connectivity index (χ1n) is 8.39. The van der Waals surface area contributed by atoms with Gasteiger partial charge in [0.1, 0.15) is 12.4 Å². The Morgan fingerprint density at radius 1 is 0.852 bits per heavy atom. The second-order valence-electron chi connectivity index (χ2n) is 5.90. The molecule has 0 aliphatic carbocycles. The lowest BCUT2D eigenvalue weighted by atomic mass is 9.96. The second kappa shape index (κ2) is 8.01. The minimum Gasteiger partial charge on any atom is -0.488 e. The van der Waals surface area contributed by atoms with Gasteiger partial charge in [-0.3, -0.25) is 0 Å². The van der Waals surface area contributed by atoms with Gasteiger partial charge in [0.25, 0.3) is 0 Å². The van der Waals surface area contributed by atoms with Crippen molar-refractivity contribution in [1.29, 1.82) is 0 Å². The van der Waals surface area contributed by atoms with Crippen molar-refractivity contribution in [2.75, 3.05) is 0 Å². The Bertz CT molecular complexity index is 980. The fourth-order valence-electron chi connectivity index (χ4n) is 2.79. The first-order valence-corrected chi connectivity index (χ1v) is 8.39. The van der Waals surface area contributed by atoms with Crippen LogP contribution in [0, 0.1) is 11.8 Å². The molecule has 0 fully saturated rings. The Labute approximate surface area is 156 Å². The quantitative estimate of drug-likeness (QED) is 0.491. The Balaban J connectivity index is 2.02. The van der Waals surface area contributed by atoms with Crippen molar-refractivity contribution in [1.82, 2.24) is 0 Å². The summed E-state index contributed by atoms with van der Waals surface area (Å²) in [6, 6.07) is 20.4. The van der Waals surface area contributed by atoms with Gasteiger partial charge < -0.3 is 4.74 Å². The molecule has 27 heavy (non-hydrogen) atoms. The maximum absolute atomic E-state index is 13.6. The van der Waals surface area contributed by atoms with Crippen molar-refractivity contribution >= 4 is 0 Å². The SMILES string of the molecule is CC#Cc1ccc(-c2ccccc2OCc2ccccc2)c(C(F)(F)F)c1. The van der Waals surface area contributed by atoms with E-state index in [1.807, 2.05) is 30.3 Å². The normalized spacial score (nSPS) is 10.8. The minimum absolute atomic E-state index is 0.0767. The van der Waals surface area contributed by atoms with Crippen molar-refractivity contribution in [3.05, 3.63) is 89.5 Å². The monoisotopic (exact) mass is 366 g/mol.